The number of fused-ring (bicyclic) bond motifs is 9. The van der Waals surface area contributed by atoms with E-state index in [1.165, 1.54) is 59.8 Å². The van der Waals surface area contributed by atoms with Gasteiger partial charge in [-0.3, -0.25) is 0 Å². The van der Waals surface area contributed by atoms with Gasteiger partial charge in [0.2, 0.25) is 0 Å². The van der Waals surface area contributed by atoms with E-state index in [1.807, 2.05) is 6.07 Å². The molecule has 12 rings (SSSR count). The fourth-order valence-corrected chi connectivity index (χ4v) is 9.30. The minimum atomic E-state index is 0.863. The maximum atomic E-state index is 6.47. The zero-order chi connectivity index (χ0) is 39.6. The molecule has 11 aromatic carbocycles. The van der Waals surface area contributed by atoms with Crippen molar-refractivity contribution in [3.05, 3.63) is 224 Å². The van der Waals surface area contributed by atoms with Crippen LogP contribution < -0.4 is 4.90 Å². The van der Waals surface area contributed by atoms with Crippen molar-refractivity contribution in [3.63, 3.8) is 0 Å². The standard InChI is InChI=1S/C58H37NO/c1-3-15-48-39(11-1)30-32-46-35-44(33-34-50(46)48)43-13-9-14-47(36-43)59(55-20-10-22-57-58(55)52-18-6-8-21-56(52)60-57)54-19-7-5-17-51(54)41-25-23-38(24-26-41)45-31-29-42-28-27-40-12-2-4-16-49(40)53(42)37-45/h1-37H. The molecule has 2 heteroatoms. The van der Waals surface area contributed by atoms with Crippen LogP contribution >= 0.6 is 0 Å². The molecule has 0 N–H and O–H groups in total. The molecule has 1 heterocycles. The Morgan fingerprint density at radius 1 is 0.283 bits per heavy atom. The summed E-state index contributed by atoms with van der Waals surface area (Å²) in [6.45, 7) is 0. The molecule has 280 valence electrons. The predicted molar refractivity (Wildman–Crippen MR) is 255 cm³/mol. The molecular weight excluding hydrogens is 727 g/mol. The van der Waals surface area contributed by atoms with E-state index in [-0.39, 0.29) is 0 Å². The van der Waals surface area contributed by atoms with Gasteiger partial charge >= 0.3 is 0 Å². The fourth-order valence-electron chi connectivity index (χ4n) is 9.30. The Balaban J connectivity index is 1.01. The lowest BCUT2D eigenvalue weighted by atomic mass is 9.95. The highest BCUT2D eigenvalue weighted by Crippen LogP contribution is 2.47. The maximum Gasteiger partial charge on any atom is 0.137 e. The van der Waals surface area contributed by atoms with E-state index < -0.39 is 0 Å². The van der Waals surface area contributed by atoms with Gasteiger partial charge in [-0.1, -0.05) is 176 Å². The number of hydrogen-bond acceptors (Lipinski definition) is 2. The van der Waals surface area contributed by atoms with Crippen LogP contribution in [0.4, 0.5) is 17.1 Å². The van der Waals surface area contributed by atoms with Crippen LogP contribution in [0.25, 0.3) is 98.4 Å². The number of rotatable bonds is 6. The minimum Gasteiger partial charge on any atom is -0.456 e. The molecule has 0 spiro atoms. The highest BCUT2D eigenvalue weighted by molar-refractivity contribution is 6.14. The summed E-state index contributed by atoms with van der Waals surface area (Å²) >= 11 is 0. The molecule has 0 atom stereocenters. The lowest BCUT2D eigenvalue weighted by Crippen LogP contribution is -2.11. The van der Waals surface area contributed by atoms with Crippen LogP contribution in [0.1, 0.15) is 0 Å². The van der Waals surface area contributed by atoms with E-state index >= 15 is 0 Å². The van der Waals surface area contributed by atoms with Crippen molar-refractivity contribution < 1.29 is 4.42 Å². The van der Waals surface area contributed by atoms with E-state index in [1.54, 1.807) is 0 Å². The van der Waals surface area contributed by atoms with Crippen LogP contribution in [-0.2, 0) is 0 Å². The zero-order valence-corrected chi connectivity index (χ0v) is 32.7. The van der Waals surface area contributed by atoms with Gasteiger partial charge in [0.1, 0.15) is 11.2 Å². The third-order valence-electron chi connectivity index (χ3n) is 12.2. The topological polar surface area (TPSA) is 16.4 Å². The van der Waals surface area contributed by atoms with Crippen LogP contribution in [0.5, 0.6) is 0 Å². The molecule has 0 fully saturated rings. The molecule has 0 bridgehead atoms. The third kappa shape index (κ3) is 5.65. The van der Waals surface area contributed by atoms with Gasteiger partial charge < -0.3 is 9.32 Å². The summed E-state index contributed by atoms with van der Waals surface area (Å²) in [5, 5.41) is 12.3. The molecule has 12 aromatic rings. The Labute approximate surface area is 347 Å². The van der Waals surface area contributed by atoms with Crippen molar-refractivity contribution in [2.24, 2.45) is 0 Å². The predicted octanol–water partition coefficient (Wildman–Crippen LogP) is 16.7. The second kappa shape index (κ2) is 13.9. The first kappa shape index (κ1) is 34.1. The highest BCUT2D eigenvalue weighted by atomic mass is 16.3. The summed E-state index contributed by atoms with van der Waals surface area (Å²) in [4.78, 5) is 2.42. The normalized spacial score (nSPS) is 11.7. The minimum absolute atomic E-state index is 0.863. The summed E-state index contributed by atoms with van der Waals surface area (Å²) in [6.07, 6.45) is 0. The summed E-state index contributed by atoms with van der Waals surface area (Å²) < 4.78 is 6.47. The summed E-state index contributed by atoms with van der Waals surface area (Å²) in [5.74, 6) is 0. The first-order valence-electron chi connectivity index (χ1n) is 20.6. The van der Waals surface area contributed by atoms with E-state index in [0.717, 1.165) is 55.7 Å². The lowest BCUT2D eigenvalue weighted by Gasteiger charge is -2.29. The fraction of sp³-hybridized carbons (Fsp3) is 0. The van der Waals surface area contributed by atoms with Crippen LogP contribution in [-0.4, -0.2) is 0 Å². The Morgan fingerprint density at radius 3 is 1.65 bits per heavy atom. The number of para-hydroxylation sites is 2. The van der Waals surface area contributed by atoms with Gasteiger partial charge in [-0.25, -0.2) is 0 Å². The molecule has 0 unspecified atom stereocenters. The molecule has 0 aliphatic carbocycles. The number of anilines is 3. The van der Waals surface area contributed by atoms with Gasteiger partial charge in [-0.05, 0) is 119 Å². The number of hydrogen-bond donors (Lipinski definition) is 0. The van der Waals surface area contributed by atoms with Crippen LogP contribution in [0.2, 0.25) is 0 Å². The van der Waals surface area contributed by atoms with Gasteiger partial charge in [0.25, 0.3) is 0 Å². The van der Waals surface area contributed by atoms with Crippen molar-refractivity contribution in [1.29, 1.82) is 0 Å². The van der Waals surface area contributed by atoms with E-state index in [4.69, 9.17) is 4.42 Å². The molecule has 0 saturated heterocycles. The first-order valence-corrected chi connectivity index (χ1v) is 20.6. The SMILES string of the molecule is c1cc(-c2ccc3c(ccc4ccccc43)c2)cc(N(c2ccccc2-c2ccc(-c3ccc4ccc5ccccc5c4c3)cc2)c2cccc3oc4ccccc4c23)c1. The smallest absolute Gasteiger partial charge is 0.137 e. The second-order valence-electron chi connectivity index (χ2n) is 15.7. The molecular formula is C58H37NO. The van der Waals surface area contributed by atoms with Crippen molar-refractivity contribution >= 4 is 82.1 Å². The molecule has 0 aliphatic rings. The Bertz CT molecular complexity index is 3610. The van der Waals surface area contributed by atoms with Crippen molar-refractivity contribution in [2.75, 3.05) is 4.90 Å². The monoisotopic (exact) mass is 763 g/mol. The summed E-state index contributed by atoms with van der Waals surface area (Å²) in [6, 6.07) is 81.4. The molecule has 0 radical (unpaired) electrons. The quantitative estimate of drug-likeness (QED) is 0.157. The third-order valence-corrected chi connectivity index (χ3v) is 12.2. The Hall–Kier alpha value is -7.94. The second-order valence-corrected chi connectivity index (χ2v) is 15.7. The average molecular weight is 764 g/mol. The number of benzene rings is 11. The van der Waals surface area contributed by atoms with E-state index in [2.05, 4.69) is 223 Å². The molecule has 2 nitrogen and oxygen atoms in total. The average Bonchev–Trinajstić information content (AvgIpc) is 3.71. The number of furan rings is 1. The summed E-state index contributed by atoms with van der Waals surface area (Å²) in [5.41, 5.74) is 12.0. The van der Waals surface area contributed by atoms with Crippen LogP contribution in [0.3, 0.4) is 0 Å². The van der Waals surface area contributed by atoms with Crippen LogP contribution in [0.15, 0.2) is 229 Å². The van der Waals surface area contributed by atoms with Gasteiger partial charge in [-0.2, -0.15) is 0 Å². The molecule has 0 amide bonds. The lowest BCUT2D eigenvalue weighted by molar-refractivity contribution is 0.669. The van der Waals surface area contributed by atoms with Gasteiger partial charge in [0.05, 0.1) is 16.8 Å². The van der Waals surface area contributed by atoms with Gasteiger partial charge in [0.15, 0.2) is 0 Å². The van der Waals surface area contributed by atoms with Crippen molar-refractivity contribution in [3.8, 4) is 33.4 Å². The van der Waals surface area contributed by atoms with Gasteiger partial charge in [0, 0.05) is 16.6 Å². The van der Waals surface area contributed by atoms with Crippen molar-refractivity contribution in [2.45, 2.75) is 0 Å². The summed E-state index contributed by atoms with van der Waals surface area (Å²) in [7, 11) is 0. The van der Waals surface area contributed by atoms with E-state index in [9.17, 15) is 0 Å². The largest absolute Gasteiger partial charge is 0.456 e. The van der Waals surface area contributed by atoms with Gasteiger partial charge in [-0.15, -0.1) is 0 Å². The highest BCUT2D eigenvalue weighted by Gasteiger charge is 2.22. The van der Waals surface area contributed by atoms with E-state index in [0.29, 0.717) is 0 Å². The maximum absolute atomic E-state index is 6.47. The first-order chi connectivity index (χ1) is 29.7. The zero-order valence-electron chi connectivity index (χ0n) is 32.7. The Morgan fingerprint density at radius 2 is 0.817 bits per heavy atom. The molecule has 0 aliphatic heterocycles. The molecule has 0 saturated carbocycles. The Kier molecular flexibility index (Phi) is 7.89. The molecule has 1 aromatic heterocycles. The number of nitrogens with zero attached hydrogens (tertiary/aromatic N) is 1. The van der Waals surface area contributed by atoms with Crippen molar-refractivity contribution in [1.82, 2.24) is 0 Å². The van der Waals surface area contributed by atoms with Crippen LogP contribution in [0, 0.1) is 0 Å². The molecule has 60 heavy (non-hydrogen) atoms.